The number of aliphatic hydroxyl groups is 1. The van der Waals surface area contributed by atoms with Gasteiger partial charge in [-0.3, -0.25) is 4.79 Å². The van der Waals surface area contributed by atoms with Crippen molar-refractivity contribution in [2.75, 3.05) is 13.1 Å². The standard InChI is InChI=1S/C10H17NO2S/c1-6(14)10(13)11-4-7-2-3-9(12)8(7)5-11/h6-9,12,14H,2-5H2,1H3. The van der Waals surface area contributed by atoms with Crippen LogP contribution in [0.2, 0.25) is 0 Å². The Kier molecular flexibility index (Phi) is 2.75. The van der Waals surface area contributed by atoms with Gasteiger partial charge in [-0.05, 0) is 25.7 Å². The Labute approximate surface area is 89.9 Å². The molecule has 1 N–H and O–H groups in total. The first kappa shape index (κ1) is 10.3. The van der Waals surface area contributed by atoms with Gasteiger partial charge in [0, 0.05) is 19.0 Å². The van der Waals surface area contributed by atoms with Crippen LogP contribution in [0, 0.1) is 11.8 Å². The number of amides is 1. The van der Waals surface area contributed by atoms with Crippen LogP contribution in [-0.4, -0.2) is 40.4 Å². The van der Waals surface area contributed by atoms with Crippen LogP contribution >= 0.6 is 12.6 Å². The number of likely N-dealkylation sites (tertiary alicyclic amines) is 1. The summed E-state index contributed by atoms with van der Waals surface area (Å²) in [6, 6.07) is 0. The van der Waals surface area contributed by atoms with Gasteiger partial charge in [-0.2, -0.15) is 12.6 Å². The highest BCUT2D eigenvalue weighted by Gasteiger charge is 2.43. The number of rotatable bonds is 1. The summed E-state index contributed by atoms with van der Waals surface area (Å²) in [7, 11) is 0. The van der Waals surface area contributed by atoms with E-state index in [0.717, 1.165) is 25.9 Å². The fraction of sp³-hybridized carbons (Fsp3) is 0.900. The van der Waals surface area contributed by atoms with Gasteiger partial charge in [0.25, 0.3) is 0 Å². The number of carbonyl (C=O) groups is 1. The number of hydrogen-bond donors (Lipinski definition) is 2. The molecule has 1 saturated heterocycles. The van der Waals surface area contributed by atoms with Crippen LogP contribution in [0.4, 0.5) is 0 Å². The zero-order valence-corrected chi connectivity index (χ0v) is 9.28. The number of thiol groups is 1. The van der Waals surface area contributed by atoms with E-state index < -0.39 is 0 Å². The lowest BCUT2D eigenvalue weighted by molar-refractivity contribution is -0.129. The molecule has 0 aromatic carbocycles. The molecule has 0 bridgehead atoms. The highest BCUT2D eigenvalue weighted by atomic mass is 32.1. The second-order valence-electron chi connectivity index (χ2n) is 4.49. The van der Waals surface area contributed by atoms with Crippen LogP contribution in [0.25, 0.3) is 0 Å². The topological polar surface area (TPSA) is 40.5 Å². The molecule has 1 amide bonds. The first-order valence-electron chi connectivity index (χ1n) is 5.24. The largest absolute Gasteiger partial charge is 0.393 e. The molecule has 0 aromatic heterocycles. The quantitative estimate of drug-likeness (QED) is 0.627. The first-order chi connectivity index (χ1) is 6.59. The summed E-state index contributed by atoms with van der Waals surface area (Å²) in [6.45, 7) is 3.36. The van der Waals surface area contributed by atoms with E-state index in [-0.39, 0.29) is 17.3 Å². The van der Waals surface area contributed by atoms with E-state index in [1.807, 2.05) is 4.90 Å². The molecular formula is C10H17NO2S. The molecule has 1 saturated carbocycles. The maximum absolute atomic E-state index is 11.7. The van der Waals surface area contributed by atoms with E-state index in [1.54, 1.807) is 6.92 Å². The van der Waals surface area contributed by atoms with Gasteiger partial charge in [-0.25, -0.2) is 0 Å². The predicted octanol–water partition coefficient (Wildman–Crippen LogP) is 0.534. The van der Waals surface area contributed by atoms with Crippen molar-refractivity contribution in [1.82, 2.24) is 4.90 Å². The third-order valence-electron chi connectivity index (χ3n) is 3.49. The van der Waals surface area contributed by atoms with E-state index in [4.69, 9.17) is 0 Å². The molecule has 2 rings (SSSR count). The van der Waals surface area contributed by atoms with Crippen molar-refractivity contribution in [3.63, 3.8) is 0 Å². The normalized spacial score (nSPS) is 38.5. The Morgan fingerprint density at radius 3 is 2.79 bits per heavy atom. The third-order valence-corrected chi connectivity index (χ3v) is 3.71. The molecule has 4 heteroatoms. The fourth-order valence-electron chi connectivity index (χ4n) is 2.68. The highest BCUT2D eigenvalue weighted by Crippen LogP contribution is 2.38. The second kappa shape index (κ2) is 3.74. The van der Waals surface area contributed by atoms with E-state index in [1.165, 1.54) is 0 Å². The van der Waals surface area contributed by atoms with Crippen molar-refractivity contribution in [2.24, 2.45) is 11.8 Å². The maximum Gasteiger partial charge on any atom is 0.235 e. The molecule has 2 fully saturated rings. The fourth-order valence-corrected chi connectivity index (χ4v) is 2.84. The van der Waals surface area contributed by atoms with Gasteiger partial charge in [0.1, 0.15) is 0 Å². The zero-order chi connectivity index (χ0) is 10.3. The van der Waals surface area contributed by atoms with E-state index >= 15 is 0 Å². The molecule has 0 spiro atoms. The summed E-state index contributed by atoms with van der Waals surface area (Å²) < 4.78 is 0. The molecule has 14 heavy (non-hydrogen) atoms. The SMILES string of the molecule is CC(S)C(=O)N1CC2CCC(O)C2C1. The number of aliphatic hydroxyl groups excluding tert-OH is 1. The lowest BCUT2D eigenvalue weighted by atomic mass is 10.00. The van der Waals surface area contributed by atoms with Crippen molar-refractivity contribution in [3.05, 3.63) is 0 Å². The van der Waals surface area contributed by atoms with E-state index in [0.29, 0.717) is 11.8 Å². The van der Waals surface area contributed by atoms with Gasteiger partial charge in [0.15, 0.2) is 0 Å². The molecule has 1 aliphatic heterocycles. The molecule has 4 atom stereocenters. The van der Waals surface area contributed by atoms with Crippen LogP contribution < -0.4 is 0 Å². The Morgan fingerprint density at radius 1 is 1.50 bits per heavy atom. The van der Waals surface area contributed by atoms with Gasteiger partial charge >= 0.3 is 0 Å². The number of fused-ring (bicyclic) bond motifs is 1. The summed E-state index contributed by atoms with van der Waals surface area (Å²) in [4.78, 5) is 13.5. The molecule has 3 nitrogen and oxygen atoms in total. The van der Waals surface area contributed by atoms with Crippen molar-refractivity contribution < 1.29 is 9.90 Å². The molecule has 2 aliphatic rings. The van der Waals surface area contributed by atoms with E-state index in [9.17, 15) is 9.90 Å². The zero-order valence-electron chi connectivity index (χ0n) is 8.39. The van der Waals surface area contributed by atoms with Crippen LogP contribution in [0.15, 0.2) is 0 Å². The van der Waals surface area contributed by atoms with Crippen LogP contribution in [0.1, 0.15) is 19.8 Å². The Hall–Kier alpha value is -0.220. The lowest BCUT2D eigenvalue weighted by Gasteiger charge is -2.19. The molecule has 1 aliphatic carbocycles. The minimum atomic E-state index is -0.217. The number of hydrogen-bond acceptors (Lipinski definition) is 3. The summed E-state index contributed by atoms with van der Waals surface area (Å²) in [6.07, 6.45) is 1.79. The lowest BCUT2D eigenvalue weighted by Crippen LogP contribution is -2.35. The summed E-state index contributed by atoms with van der Waals surface area (Å²) >= 11 is 4.14. The summed E-state index contributed by atoms with van der Waals surface area (Å²) in [5.41, 5.74) is 0. The van der Waals surface area contributed by atoms with Crippen LogP contribution in [0.3, 0.4) is 0 Å². The van der Waals surface area contributed by atoms with E-state index in [2.05, 4.69) is 12.6 Å². The Bertz CT molecular complexity index is 244. The Morgan fingerprint density at radius 2 is 2.21 bits per heavy atom. The van der Waals surface area contributed by atoms with Gasteiger partial charge in [-0.15, -0.1) is 0 Å². The molecule has 0 radical (unpaired) electrons. The van der Waals surface area contributed by atoms with Crippen molar-refractivity contribution >= 4 is 18.5 Å². The smallest absolute Gasteiger partial charge is 0.235 e. The van der Waals surface area contributed by atoms with Gasteiger partial charge < -0.3 is 10.0 Å². The number of carbonyl (C=O) groups excluding carboxylic acids is 1. The molecule has 0 aromatic rings. The average Bonchev–Trinajstić information content (AvgIpc) is 2.67. The molecule has 4 unspecified atom stereocenters. The average molecular weight is 215 g/mol. The molecule has 80 valence electrons. The van der Waals surface area contributed by atoms with Gasteiger partial charge in [-0.1, -0.05) is 0 Å². The Balaban J connectivity index is 1.98. The number of nitrogens with zero attached hydrogens (tertiary/aromatic N) is 1. The summed E-state index contributed by atoms with van der Waals surface area (Å²) in [5.74, 6) is 0.960. The first-order valence-corrected chi connectivity index (χ1v) is 5.76. The minimum Gasteiger partial charge on any atom is -0.393 e. The predicted molar refractivity (Wildman–Crippen MR) is 57.2 cm³/mol. The van der Waals surface area contributed by atoms with Crippen LogP contribution in [0.5, 0.6) is 0 Å². The monoisotopic (exact) mass is 215 g/mol. The van der Waals surface area contributed by atoms with Crippen molar-refractivity contribution in [2.45, 2.75) is 31.1 Å². The maximum atomic E-state index is 11.7. The van der Waals surface area contributed by atoms with Crippen molar-refractivity contribution in [3.8, 4) is 0 Å². The van der Waals surface area contributed by atoms with Crippen LogP contribution in [-0.2, 0) is 4.79 Å². The van der Waals surface area contributed by atoms with Crippen molar-refractivity contribution in [1.29, 1.82) is 0 Å². The molecule has 1 heterocycles. The molecular weight excluding hydrogens is 198 g/mol. The highest BCUT2D eigenvalue weighted by molar-refractivity contribution is 7.81. The van der Waals surface area contributed by atoms with Gasteiger partial charge in [0.05, 0.1) is 11.4 Å². The third kappa shape index (κ3) is 1.65. The minimum absolute atomic E-state index is 0.106. The summed E-state index contributed by atoms with van der Waals surface area (Å²) in [5, 5.41) is 9.46. The van der Waals surface area contributed by atoms with Gasteiger partial charge in [0.2, 0.25) is 5.91 Å². The second-order valence-corrected chi connectivity index (χ2v) is 5.26.